The van der Waals surface area contributed by atoms with Gasteiger partial charge in [-0.05, 0) is 0 Å². The molecular formula is C10H7N3O2. The van der Waals surface area contributed by atoms with Crippen LogP contribution >= 0.6 is 0 Å². The second-order valence-electron chi connectivity index (χ2n) is 2.56. The minimum absolute atomic E-state index is 0.0635. The van der Waals surface area contributed by atoms with E-state index in [2.05, 4.69) is 4.74 Å². The first kappa shape index (κ1) is 10.6. The molecule has 74 valence electrons. The highest BCUT2D eigenvalue weighted by Gasteiger charge is 2.10. The summed E-state index contributed by atoms with van der Waals surface area (Å²) in [4.78, 5) is 11.1. The van der Waals surface area contributed by atoms with Gasteiger partial charge in [-0.15, -0.1) is 0 Å². The van der Waals surface area contributed by atoms with Crippen molar-refractivity contribution in [2.45, 2.75) is 0 Å². The summed E-state index contributed by atoms with van der Waals surface area (Å²) in [6.45, 7) is 0. The molecule has 0 amide bonds. The second-order valence-corrected chi connectivity index (χ2v) is 2.56. The third kappa shape index (κ3) is 2.27. The number of esters is 1. The summed E-state index contributed by atoms with van der Waals surface area (Å²) < 4.78 is 5.83. The van der Waals surface area contributed by atoms with E-state index in [4.69, 9.17) is 10.7 Å². The highest BCUT2D eigenvalue weighted by molar-refractivity contribution is 5.89. The van der Waals surface area contributed by atoms with E-state index in [1.54, 1.807) is 11.9 Å². The molecular weight excluding hydrogens is 194 g/mol. The average molecular weight is 201 g/mol. The molecule has 0 unspecified atom stereocenters. The fraction of sp³-hybridized carbons (Fsp3) is 0.100. The van der Waals surface area contributed by atoms with E-state index in [-0.39, 0.29) is 5.70 Å². The first-order valence-corrected chi connectivity index (χ1v) is 4.00. The Kier molecular flexibility index (Phi) is 3.33. The molecule has 0 aliphatic carbocycles. The Morgan fingerprint density at radius 2 is 2.13 bits per heavy atom. The maximum absolute atomic E-state index is 11.1. The van der Waals surface area contributed by atoms with Gasteiger partial charge in [0.05, 0.1) is 12.7 Å². The molecule has 0 aliphatic rings. The first-order chi connectivity index (χ1) is 7.22. The van der Waals surface area contributed by atoms with Gasteiger partial charge in [-0.3, -0.25) is 0 Å². The highest BCUT2D eigenvalue weighted by Crippen LogP contribution is 1.98. The topological polar surface area (TPSA) is 76.3 Å². The van der Waals surface area contributed by atoms with E-state index in [1.165, 1.54) is 36.2 Å². The standard InChI is InChI=1S/C10H7N3O2/c1-15-10(14)8-2-4-13(5-3-8)9(6-11)7-12/h2-5H,1H3. The van der Waals surface area contributed by atoms with Crippen LogP contribution in [0.3, 0.4) is 0 Å². The van der Waals surface area contributed by atoms with Crippen LogP contribution in [-0.4, -0.2) is 18.9 Å². The largest absolute Gasteiger partial charge is 0.757 e. The van der Waals surface area contributed by atoms with Crippen LogP contribution in [0.1, 0.15) is 10.4 Å². The number of methoxy groups -OCH3 is 1. The third-order valence-corrected chi connectivity index (χ3v) is 1.72. The molecule has 15 heavy (non-hydrogen) atoms. The summed E-state index contributed by atoms with van der Waals surface area (Å²) in [5.41, 5.74) is 0.301. The van der Waals surface area contributed by atoms with E-state index < -0.39 is 5.97 Å². The number of nitrogens with zero attached hydrogens (tertiary/aromatic N) is 3. The molecule has 0 aliphatic heterocycles. The van der Waals surface area contributed by atoms with Gasteiger partial charge in [-0.25, -0.2) is 4.79 Å². The number of aromatic nitrogens is 1. The van der Waals surface area contributed by atoms with Gasteiger partial charge in [0.2, 0.25) is 0 Å². The van der Waals surface area contributed by atoms with Gasteiger partial charge in [-0.2, -0.15) is 15.7 Å². The second kappa shape index (κ2) is 4.70. The minimum atomic E-state index is -0.461. The molecule has 0 fully saturated rings. The molecule has 1 rings (SSSR count). The SMILES string of the molecule is COC(=O)c1cc[n+](C(=C=[N-])C#N)cc1. The molecule has 0 radical (unpaired) electrons. The van der Waals surface area contributed by atoms with E-state index >= 15 is 0 Å². The van der Waals surface area contributed by atoms with Gasteiger partial charge in [-0.1, -0.05) is 0 Å². The van der Waals surface area contributed by atoms with Crippen molar-refractivity contribution < 1.29 is 14.1 Å². The normalized spacial score (nSPS) is 8.53. The van der Waals surface area contributed by atoms with Crippen LogP contribution in [0, 0.1) is 11.3 Å². The molecule has 1 aromatic heterocycles. The molecule has 1 heterocycles. The molecule has 1 aromatic rings. The van der Waals surface area contributed by atoms with Crippen LogP contribution in [0.5, 0.6) is 0 Å². The van der Waals surface area contributed by atoms with Crippen LogP contribution in [0.2, 0.25) is 0 Å². The maximum Gasteiger partial charge on any atom is 0.338 e. The quantitative estimate of drug-likeness (QED) is 0.300. The lowest BCUT2D eigenvalue weighted by atomic mass is 10.3. The first-order valence-electron chi connectivity index (χ1n) is 4.00. The summed E-state index contributed by atoms with van der Waals surface area (Å²) in [5, 5.41) is 17.2. The van der Waals surface area contributed by atoms with Crippen molar-refractivity contribution in [3.05, 3.63) is 35.5 Å². The van der Waals surface area contributed by atoms with Crippen LogP contribution in [0.4, 0.5) is 0 Å². The number of hydrogen-bond donors (Lipinski definition) is 0. The zero-order valence-corrected chi connectivity index (χ0v) is 7.97. The van der Waals surface area contributed by atoms with Gasteiger partial charge >= 0.3 is 11.7 Å². The van der Waals surface area contributed by atoms with Gasteiger partial charge in [0.25, 0.3) is 0 Å². The molecule has 0 spiro atoms. The monoisotopic (exact) mass is 201 g/mol. The highest BCUT2D eigenvalue weighted by atomic mass is 16.5. The maximum atomic E-state index is 11.1. The Bertz CT molecular complexity index is 464. The lowest BCUT2D eigenvalue weighted by Gasteiger charge is -1.96. The lowest BCUT2D eigenvalue weighted by Crippen LogP contribution is -2.31. The number of carbonyl (C=O) groups is 1. The molecule has 0 N–H and O–H groups in total. The molecule has 5 heteroatoms. The summed E-state index contributed by atoms with van der Waals surface area (Å²) in [6.07, 6.45) is 2.90. The summed E-state index contributed by atoms with van der Waals surface area (Å²) in [7, 11) is 1.28. The lowest BCUT2D eigenvalue weighted by molar-refractivity contribution is -0.576. The fourth-order valence-corrected chi connectivity index (χ4v) is 0.970. The third-order valence-electron chi connectivity index (χ3n) is 1.72. The van der Waals surface area contributed by atoms with Crippen molar-refractivity contribution >= 4 is 17.5 Å². The summed E-state index contributed by atoms with van der Waals surface area (Å²) in [6, 6.07) is 4.68. The van der Waals surface area contributed by atoms with E-state index in [0.717, 1.165) is 0 Å². The number of carbonyl (C=O) groups excluding carboxylic acids is 1. The number of pyridine rings is 1. The van der Waals surface area contributed by atoms with Crippen molar-refractivity contribution in [3.63, 3.8) is 0 Å². The predicted molar refractivity (Wildman–Crippen MR) is 51.7 cm³/mol. The van der Waals surface area contributed by atoms with Gasteiger partial charge in [0.1, 0.15) is 0 Å². The molecule has 0 bridgehead atoms. The summed E-state index contributed by atoms with van der Waals surface area (Å²) >= 11 is 0. The van der Waals surface area contributed by atoms with Gasteiger partial charge < -0.3 is 10.1 Å². The predicted octanol–water partition coefficient (Wildman–Crippen LogP) is 0.364. The molecule has 0 atom stereocenters. The Balaban J connectivity index is 3.06. The van der Waals surface area contributed by atoms with Crippen molar-refractivity contribution in [1.82, 2.24) is 0 Å². The Morgan fingerprint density at radius 1 is 1.53 bits per heavy atom. The number of rotatable bonds is 2. The molecule has 0 saturated carbocycles. The van der Waals surface area contributed by atoms with Crippen molar-refractivity contribution in [3.8, 4) is 6.07 Å². The zero-order chi connectivity index (χ0) is 11.3. The van der Waals surface area contributed by atoms with E-state index in [9.17, 15) is 4.79 Å². The van der Waals surface area contributed by atoms with Gasteiger partial charge in [0, 0.05) is 12.1 Å². The van der Waals surface area contributed by atoms with Crippen LogP contribution in [0.25, 0.3) is 11.1 Å². The Hall–Kier alpha value is -2.44. The number of nitriles is 1. The Morgan fingerprint density at radius 3 is 2.53 bits per heavy atom. The van der Waals surface area contributed by atoms with E-state index in [0.29, 0.717) is 5.56 Å². The molecule has 0 aromatic carbocycles. The van der Waals surface area contributed by atoms with Crippen molar-refractivity contribution in [1.29, 1.82) is 5.26 Å². The van der Waals surface area contributed by atoms with Crippen LogP contribution in [-0.2, 0) is 4.74 Å². The van der Waals surface area contributed by atoms with Crippen molar-refractivity contribution in [2.24, 2.45) is 0 Å². The number of allylic oxidation sites excluding steroid dienone is 1. The van der Waals surface area contributed by atoms with E-state index in [1.807, 2.05) is 0 Å². The number of ether oxygens (including phenoxy) is 1. The average Bonchev–Trinajstić information content (AvgIpc) is 2.30. The van der Waals surface area contributed by atoms with Gasteiger partial charge in [0.15, 0.2) is 18.5 Å². The molecule has 0 saturated heterocycles. The van der Waals surface area contributed by atoms with Crippen LogP contribution in [0.15, 0.2) is 24.5 Å². The smallest absolute Gasteiger partial charge is 0.338 e. The number of hydrogen-bond acceptors (Lipinski definition) is 3. The zero-order valence-electron chi connectivity index (χ0n) is 7.97. The fourth-order valence-electron chi connectivity index (χ4n) is 0.970. The van der Waals surface area contributed by atoms with Crippen LogP contribution < -0.4 is 4.57 Å². The minimum Gasteiger partial charge on any atom is -0.757 e. The molecule has 5 nitrogen and oxygen atoms in total. The summed E-state index contributed by atoms with van der Waals surface area (Å²) in [5.74, 6) is 1.27. The Labute approximate surface area is 86.3 Å². The van der Waals surface area contributed by atoms with Crippen molar-refractivity contribution in [2.75, 3.05) is 7.11 Å².